The molecule has 1 amide bonds. The second-order valence-corrected chi connectivity index (χ2v) is 7.27. The molecule has 1 aromatic rings. The molecule has 2 nitrogen and oxygen atoms in total. The van der Waals surface area contributed by atoms with Crippen molar-refractivity contribution >= 4 is 33.2 Å². The number of amides is 1. The number of hydrogen-bond donors (Lipinski definition) is 1. The Balaban J connectivity index is 2.35. The van der Waals surface area contributed by atoms with Gasteiger partial charge in [-0.05, 0) is 33.5 Å². The van der Waals surface area contributed by atoms with Gasteiger partial charge >= 0.3 is 0 Å². The molecular weight excluding hydrogens is 274 g/mol. The van der Waals surface area contributed by atoms with Gasteiger partial charge in [0.2, 0.25) is 5.91 Å². The van der Waals surface area contributed by atoms with Crippen LogP contribution in [0.15, 0.2) is 15.9 Å². The minimum atomic E-state index is 0.0557. The van der Waals surface area contributed by atoms with Crippen molar-refractivity contribution in [2.45, 2.75) is 33.7 Å². The van der Waals surface area contributed by atoms with Gasteiger partial charge in [-0.15, -0.1) is 11.3 Å². The van der Waals surface area contributed by atoms with E-state index in [0.717, 1.165) is 3.79 Å². The lowest BCUT2D eigenvalue weighted by Gasteiger charge is -2.16. The summed E-state index contributed by atoms with van der Waals surface area (Å²) >= 11 is 5.04. The normalized spacial score (nSPS) is 11.5. The average Bonchev–Trinajstić information content (AvgIpc) is 2.45. The fourth-order valence-electron chi connectivity index (χ4n) is 1.18. The van der Waals surface area contributed by atoms with E-state index in [1.165, 1.54) is 4.88 Å². The molecule has 0 bridgehead atoms. The highest BCUT2D eigenvalue weighted by molar-refractivity contribution is 9.11. The second kappa shape index (κ2) is 5.12. The molecule has 1 rings (SSSR count). The quantitative estimate of drug-likeness (QED) is 0.906. The third kappa shape index (κ3) is 5.33. The number of hydrogen-bond acceptors (Lipinski definition) is 2. The van der Waals surface area contributed by atoms with E-state index in [4.69, 9.17) is 0 Å². The number of halogens is 1. The summed E-state index contributed by atoms with van der Waals surface area (Å²) in [6, 6.07) is 4.02. The molecule has 0 saturated carbocycles. The minimum Gasteiger partial charge on any atom is -0.351 e. The van der Waals surface area contributed by atoms with Crippen LogP contribution in [0.3, 0.4) is 0 Å². The molecule has 15 heavy (non-hydrogen) atoms. The monoisotopic (exact) mass is 289 g/mol. The standard InChI is InChI=1S/C11H16BrNOS/c1-11(2,3)6-10(14)13-7-8-4-5-9(12)15-8/h4-5H,6-7H2,1-3H3,(H,13,14). The van der Waals surface area contributed by atoms with Crippen molar-refractivity contribution in [2.75, 3.05) is 0 Å². The summed E-state index contributed by atoms with van der Waals surface area (Å²) in [5, 5.41) is 2.92. The maximum absolute atomic E-state index is 11.5. The van der Waals surface area contributed by atoms with Crippen molar-refractivity contribution < 1.29 is 4.79 Å². The van der Waals surface area contributed by atoms with E-state index in [-0.39, 0.29) is 11.3 Å². The van der Waals surface area contributed by atoms with Crippen LogP contribution >= 0.6 is 27.3 Å². The molecule has 4 heteroatoms. The predicted octanol–water partition coefficient (Wildman–Crippen LogP) is 3.56. The molecule has 1 aromatic heterocycles. The molecule has 1 heterocycles. The first kappa shape index (κ1) is 12.7. The van der Waals surface area contributed by atoms with Gasteiger partial charge in [-0.2, -0.15) is 0 Å². The van der Waals surface area contributed by atoms with Gasteiger partial charge < -0.3 is 5.32 Å². The maximum atomic E-state index is 11.5. The van der Waals surface area contributed by atoms with Crippen LogP contribution in [0.2, 0.25) is 0 Å². The van der Waals surface area contributed by atoms with Crippen LogP contribution in [0.1, 0.15) is 32.1 Å². The van der Waals surface area contributed by atoms with Crippen molar-refractivity contribution in [1.82, 2.24) is 5.32 Å². The molecule has 0 saturated heterocycles. The van der Waals surface area contributed by atoms with E-state index in [0.29, 0.717) is 13.0 Å². The Hall–Kier alpha value is -0.350. The van der Waals surface area contributed by atoms with Crippen LogP contribution < -0.4 is 5.32 Å². The molecule has 0 aromatic carbocycles. The largest absolute Gasteiger partial charge is 0.351 e. The van der Waals surface area contributed by atoms with Gasteiger partial charge in [-0.25, -0.2) is 0 Å². The summed E-state index contributed by atoms with van der Waals surface area (Å²) in [7, 11) is 0. The minimum absolute atomic E-state index is 0.0557. The smallest absolute Gasteiger partial charge is 0.220 e. The lowest BCUT2D eigenvalue weighted by molar-refractivity contribution is -0.122. The molecule has 0 fully saturated rings. The van der Waals surface area contributed by atoms with Gasteiger partial charge in [0.05, 0.1) is 10.3 Å². The Kier molecular flexibility index (Phi) is 4.34. The Morgan fingerprint density at radius 3 is 2.60 bits per heavy atom. The third-order valence-corrected chi connectivity index (χ3v) is 3.40. The maximum Gasteiger partial charge on any atom is 0.220 e. The van der Waals surface area contributed by atoms with E-state index >= 15 is 0 Å². The predicted molar refractivity (Wildman–Crippen MR) is 67.9 cm³/mol. The molecule has 0 aliphatic rings. The molecular formula is C11H16BrNOS. The first-order valence-electron chi connectivity index (χ1n) is 4.88. The van der Waals surface area contributed by atoms with Gasteiger partial charge in [-0.1, -0.05) is 20.8 Å². The van der Waals surface area contributed by atoms with E-state index in [1.807, 2.05) is 12.1 Å². The van der Waals surface area contributed by atoms with Crippen molar-refractivity contribution in [3.05, 3.63) is 20.8 Å². The number of carbonyl (C=O) groups is 1. The third-order valence-electron chi connectivity index (χ3n) is 1.78. The first-order valence-corrected chi connectivity index (χ1v) is 6.49. The average molecular weight is 290 g/mol. The van der Waals surface area contributed by atoms with Crippen molar-refractivity contribution in [3.63, 3.8) is 0 Å². The number of thiophene rings is 1. The van der Waals surface area contributed by atoms with Gasteiger partial charge in [-0.3, -0.25) is 4.79 Å². The summed E-state index contributed by atoms with van der Waals surface area (Å²) in [6.45, 7) is 6.82. The van der Waals surface area contributed by atoms with E-state index in [1.54, 1.807) is 11.3 Å². The van der Waals surface area contributed by atoms with Crippen molar-refractivity contribution in [3.8, 4) is 0 Å². The summed E-state index contributed by atoms with van der Waals surface area (Å²) in [4.78, 5) is 12.7. The fourth-order valence-corrected chi connectivity index (χ4v) is 2.60. The number of carbonyl (C=O) groups excluding carboxylic acids is 1. The van der Waals surface area contributed by atoms with Crippen molar-refractivity contribution in [2.24, 2.45) is 5.41 Å². The van der Waals surface area contributed by atoms with Gasteiger partial charge in [0, 0.05) is 11.3 Å². The van der Waals surface area contributed by atoms with Gasteiger partial charge in [0.1, 0.15) is 0 Å². The summed E-state index contributed by atoms with van der Waals surface area (Å²) in [6.07, 6.45) is 0.569. The van der Waals surface area contributed by atoms with Crippen LogP contribution in [0, 0.1) is 5.41 Å². The Morgan fingerprint density at radius 2 is 2.13 bits per heavy atom. The first-order chi connectivity index (χ1) is 6.87. The lowest BCUT2D eigenvalue weighted by Crippen LogP contribution is -2.26. The zero-order chi connectivity index (χ0) is 11.5. The zero-order valence-electron chi connectivity index (χ0n) is 9.26. The molecule has 0 unspecified atom stereocenters. The number of nitrogens with one attached hydrogen (secondary N) is 1. The Morgan fingerprint density at radius 1 is 1.47 bits per heavy atom. The Bertz CT molecular complexity index is 341. The molecule has 84 valence electrons. The summed E-state index contributed by atoms with van der Waals surface area (Å²) in [5.74, 6) is 0.118. The fraction of sp³-hybridized carbons (Fsp3) is 0.545. The lowest BCUT2D eigenvalue weighted by atomic mass is 9.92. The highest BCUT2D eigenvalue weighted by Crippen LogP contribution is 2.22. The van der Waals surface area contributed by atoms with Crippen LogP contribution in [-0.2, 0) is 11.3 Å². The van der Waals surface area contributed by atoms with E-state index in [9.17, 15) is 4.79 Å². The highest BCUT2D eigenvalue weighted by Gasteiger charge is 2.15. The number of rotatable bonds is 3. The molecule has 0 spiro atoms. The van der Waals surface area contributed by atoms with E-state index in [2.05, 4.69) is 42.0 Å². The van der Waals surface area contributed by atoms with E-state index < -0.39 is 0 Å². The van der Waals surface area contributed by atoms with Gasteiger partial charge in [0.15, 0.2) is 0 Å². The van der Waals surface area contributed by atoms with Crippen molar-refractivity contribution in [1.29, 1.82) is 0 Å². The van der Waals surface area contributed by atoms with Crippen LogP contribution in [0.5, 0.6) is 0 Å². The SMILES string of the molecule is CC(C)(C)CC(=O)NCc1ccc(Br)s1. The van der Waals surface area contributed by atoms with Crippen LogP contribution in [0.4, 0.5) is 0 Å². The zero-order valence-corrected chi connectivity index (χ0v) is 11.7. The van der Waals surface area contributed by atoms with Crippen LogP contribution in [0.25, 0.3) is 0 Å². The summed E-state index contributed by atoms with van der Waals surface area (Å²) in [5.41, 5.74) is 0.0557. The highest BCUT2D eigenvalue weighted by atomic mass is 79.9. The van der Waals surface area contributed by atoms with Gasteiger partial charge in [0.25, 0.3) is 0 Å². The van der Waals surface area contributed by atoms with Crippen LogP contribution in [-0.4, -0.2) is 5.91 Å². The molecule has 0 aliphatic carbocycles. The molecule has 1 N–H and O–H groups in total. The molecule has 0 atom stereocenters. The Labute approximate surface area is 103 Å². The molecule has 0 aliphatic heterocycles. The molecule has 0 radical (unpaired) electrons. The summed E-state index contributed by atoms with van der Waals surface area (Å²) < 4.78 is 1.10. The second-order valence-electron chi connectivity index (χ2n) is 4.72. The topological polar surface area (TPSA) is 29.1 Å².